The number of nitrogens with zero attached hydrogens (tertiary/aromatic N) is 3. The molecule has 0 aliphatic carbocycles. The zero-order chi connectivity index (χ0) is 10.1. The Bertz CT molecular complexity index is 489. The smallest absolute Gasteiger partial charge is 0.222 e. The van der Waals surface area contributed by atoms with E-state index in [0.717, 1.165) is 11.2 Å². The number of fused-ring (bicyclic) bond motifs is 1. The summed E-state index contributed by atoms with van der Waals surface area (Å²) >= 11 is 0. The molecule has 2 heterocycles. The zero-order valence-corrected chi connectivity index (χ0v) is 7.98. The molecule has 2 rings (SSSR count). The van der Waals surface area contributed by atoms with Crippen molar-refractivity contribution in [1.82, 2.24) is 14.6 Å². The molecule has 0 aliphatic rings. The minimum absolute atomic E-state index is 0.135. The van der Waals surface area contributed by atoms with Crippen molar-refractivity contribution >= 4 is 17.2 Å². The molecule has 0 spiro atoms. The van der Waals surface area contributed by atoms with E-state index in [1.807, 2.05) is 19.1 Å². The summed E-state index contributed by atoms with van der Waals surface area (Å²) in [5.41, 5.74) is 1.81. The summed E-state index contributed by atoms with van der Waals surface area (Å²) in [7, 11) is 0. The average Bonchev–Trinajstić information content (AvgIpc) is 2.49. The maximum absolute atomic E-state index is 10.9. The third-order valence-corrected chi connectivity index (χ3v) is 1.94. The van der Waals surface area contributed by atoms with Crippen LogP contribution in [0.25, 0.3) is 5.52 Å². The third kappa shape index (κ3) is 1.32. The van der Waals surface area contributed by atoms with Crippen molar-refractivity contribution in [3.8, 4) is 0 Å². The summed E-state index contributed by atoms with van der Waals surface area (Å²) in [6, 6.07) is 3.80. The fourth-order valence-corrected chi connectivity index (χ4v) is 1.33. The van der Waals surface area contributed by atoms with E-state index < -0.39 is 0 Å². The number of carbonyl (C=O) groups is 1. The predicted molar refractivity (Wildman–Crippen MR) is 52.0 cm³/mol. The largest absolute Gasteiger partial charge is 0.309 e. The molecule has 0 radical (unpaired) electrons. The molecule has 2 aromatic rings. The Morgan fingerprint density at radius 3 is 3.00 bits per heavy atom. The molecule has 1 amide bonds. The summed E-state index contributed by atoms with van der Waals surface area (Å²) in [5.74, 6) is 0.407. The lowest BCUT2D eigenvalue weighted by atomic mass is 10.4. The highest BCUT2D eigenvalue weighted by Gasteiger charge is 2.05. The SMILES string of the molecule is CC(=O)Nc1ncnn2c(C)ccc12. The number of hydrogen-bond donors (Lipinski definition) is 1. The first-order valence-corrected chi connectivity index (χ1v) is 4.25. The van der Waals surface area contributed by atoms with Crippen LogP contribution in [0.15, 0.2) is 18.5 Å². The zero-order valence-electron chi connectivity index (χ0n) is 7.98. The second-order valence-electron chi connectivity index (χ2n) is 3.06. The minimum atomic E-state index is -0.135. The minimum Gasteiger partial charge on any atom is -0.309 e. The fraction of sp³-hybridized carbons (Fsp3) is 0.222. The Labute approximate surface area is 80.8 Å². The van der Waals surface area contributed by atoms with Gasteiger partial charge in [0.25, 0.3) is 0 Å². The van der Waals surface area contributed by atoms with Gasteiger partial charge in [-0.15, -0.1) is 0 Å². The summed E-state index contributed by atoms with van der Waals surface area (Å²) < 4.78 is 1.73. The Balaban J connectivity index is 2.59. The van der Waals surface area contributed by atoms with Gasteiger partial charge in [-0.1, -0.05) is 0 Å². The lowest BCUT2D eigenvalue weighted by Gasteiger charge is -2.03. The quantitative estimate of drug-likeness (QED) is 0.729. The molecular weight excluding hydrogens is 180 g/mol. The molecule has 5 nitrogen and oxygen atoms in total. The molecule has 0 bridgehead atoms. The number of hydrogen-bond acceptors (Lipinski definition) is 3. The number of aromatic nitrogens is 3. The van der Waals surface area contributed by atoms with Crippen molar-refractivity contribution in [2.24, 2.45) is 0 Å². The first-order valence-electron chi connectivity index (χ1n) is 4.25. The van der Waals surface area contributed by atoms with Gasteiger partial charge in [0.05, 0.1) is 0 Å². The van der Waals surface area contributed by atoms with E-state index in [9.17, 15) is 4.79 Å². The van der Waals surface area contributed by atoms with Crippen LogP contribution in [0, 0.1) is 6.92 Å². The van der Waals surface area contributed by atoms with Gasteiger partial charge in [-0.3, -0.25) is 4.79 Å². The number of aryl methyl sites for hydroxylation is 1. The monoisotopic (exact) mass is 190 g/mol. The highest BCUT2D eigenvalue weighted by molar-refractivity contribution is 5.91. The second-order valence-corrected chi connectivity index (χ2v) is 3.06. The van der Waals surface area contributed by atoms with Crippen molar-refractivity contribution in [1.29, 1.82) is 0 Å². The normalized spacial score (nSPS) is 10.4. The van der Waals surface area contributed by atoms with Gasteiger partial charge in [-0.2, -0.15) is 5.10 Å². The highest BCUT2D eigenvalue weighted by Crippen LogP contribution is 2.14. The van der Waals surface area contributed by atoms with E-state index in [1.54, 1.807) is 4.52 Å². The van der Waals surface area contributed by atoms with Crippen LogP contribution in [0.5, 0.6) is 0 Å². The second kappa shape index (κ2) is 3.10. The lowest BCUT2D eigenvalue weighted by Crippen LogP contribution is -2.09. The first-order chi connectivity index (χ1) is 6.68. The molecule has 0 atom stereocenters. The van der Waals surface area contributed by atoms with Crippen LogP contribution < -0.4 is 5.32 Å². The Kier molecular flexibility index (Phi) is 1.92. The van der Waals surface area contributed by atoms with Crippen molar-refractivity contribution in [2.75, 3.05) is 5.32 Å². The van der Waals surface area contributed by atoms with Crippen LogP contribution >= 0.6 is 0 Å². The summed E-state index contributed by atoms with van der Waals surface area (Å²) in [5, 5.41) is 6.71. The standard InChI is InChI=1S/C9H10N4O/c1-6-3-4-8-9(12-7(2)14)10-5-11-13(6)8/h3-5H,1-2H3,(H,10,11,12,14). The van der Waals surface area contributed by atoms with Gasteiger partial charge in [-0.25, -0.2) is 9.50 Å². The van der Waals surface area contributed by atoms with E-state index in [0.29, 0.717) is 5.82 Å². The summed E-state index contributed by atoms with van der Waals surface area (Å²) in [4.78, 5) is 14.9. The number of amides is 1. The molecule has 0 saturated carbocycles. The predicted octanol–water partition coefficient (Wildman–Crippen LogP) is 0.996. The lowest BCUT2D eigenvalue weighted by molar-refractivity contribution is -0.114. The van der Waals surface area contributed by atoms with Gasteiger partial charge < -0.3 is 5.32 Å². The first kappa shape index (κ1) is 8.68. The van der Waals surface area contributed by atoms with Gasteiger partial charge in [0.2, 0.25) is 5.91 Å². The molecule has 72 valence electrons. The van der Waals surface area contributed by atoms with Gasteiger partial charge in [0.15, 0.2) is 5.82 Å². The Morgan fingerprint density at radius 1 is 1.50 bits per heavy atom. The molecule has 0 aromatic carbocycles. The number of carbonyl (C=O) groups excluding carboxylic acids is 1. The van der Waals surface area contributed by atoms with E-state index in [-0.39, 0.29) is 5.91 Å². The van der Waals surface area contributed by atoms with Crippen molar-refractivity contribution in [2.45, 2.75) is 13.8 Å². The van der Waals surface area contributed by atoms with E-state index in [1.165, 1.54) is 13.3 Å². The van der Waals surface area contributed by atoms with E-state index in [2.05, 4.69) is 15.4 Å². The molecule has 0 saturated heterocycles. The highest BCUT2D eigenvalue weighted by atomic mass is 16.1. The maximum atomic E-state index is 10.9. The van der Waals surface area contributed by atoms with E-state index in [4.69, 9.17) is 0 Å². The summed E-state index contributed by atoms with van der Waals surface area (Å²) in [6.45, 7) is 3.39. The molecule has 14 heavy (non-hydrogen) atoms. The summed E-state index contributed by atoms with van der Waals surface area (Å²) in [6.07, 6.45) is 1.42. The van der Waals surface area contributed by atoms with Crippen LogP contribution in [0.3, 0.4) is 0 Å². The Hall–Kier alpha value is -1.91. The van der Waals surface area contributed by atoms with Gasteiger partial charge in [0.1, 0.15) is 11.8 Å². The van der Waals surface area contributed by atoms with Gasteiger partial charge >= 0.3 is 0 Å². The molecule has 0 fully saturated rings. The number of rotatable bonds is 1. The fourth-order valence-electron chi connectivity index (χ4n) is 1.33. The third-order valence-electron chi connectivity index (χ3n) is 1.94. The number of nitrogens with one attached hydrogen (secondary N) is 1. The van der Waals surface area contributed by atoms with Gasteiger partial charge in [0, 0.05) is 12.6 Å². The van der Waals surface area contributed by atoms with Crippen molar-refractivity contribution in [3.63, 3.8) is 0 Å². The van der Waals surface area contributed by atoms with Crippen LogP contribution in [0.2, 0.25) is 0 Å². The van der Waals surface area contributed by atoms with Crippen LogP contribution in [-0.2, 0) is 4.79 Å². The van der Waals surface area contributed by atoms with Gasteiger partial charge in [-0.05, 0) is 19.1 Å². The average molecular weight is 190 g/mol. The molecule has 1 N–H and O–H groups in total. The van der Waals surface area contributed by atoms with Crippen LogP contribution in [0.4, 0.5) is 5.82 Å². The molecule has 0 aliphatic heterocycles. The molecule has 0 unspecified atom stereocenters. The van der Waals surface area contributed by atoms with Crippen LogP contribution in [-0.4, -0.2) is 20.5 Å². The van der Waals surface area contributed by atoms with Crippen molar-refractivity contribution < 1.29 is 4.79 Å². The maximum Gasteiger partial charge on any atom is 0.222 e. The number of anilines is 1. The van der Waals surface area contributed by atoms with Crippen molar-refractivity contribution in [3.05, 3.63) is 24.2 Å². The molecule has 5 heteroatoms. The topological polar surface area (TPSA) is 59.3 Å². The van der Waals surface area contributed by atoms with Crippen LogP contribution in [0.1, 0.15) is 12.6 Å². The van der Waals surface area contributed by atoms with E-state index >= 15 is 0 Å². The Morgan fingerprint density at radius 2 is 2.29 bits per heavy atom. The molecule has 2 aromatic heterocycles. The molecular formula is C9H10N4O.